The third-order valence-electron chi connectivity index (χ3n) is 4.84. The largest absolute Gasteiger partial charge is 0.481 e. The van der Waals surface area contributed by atoms with Gasteiger partial charge < -0.3 is 19.9 Å². The predicted molar refractivity (Wildman–Crippen MR) is 113 cm³/mol. The zero-order valence-electron chi connectivity index (χ0n) is 16.4. The monoisotopic (exact) mass is 407 g/mol. The number of piperazine rings is 1. The van der Waals surface area contributed by atoms with Crippen LogP contribution in [0.3, 0.4) is 0 Å². The fraction of sp³-hybridized carbons (Fsp3) is 0.227. The number of ether oxygens (including phenoxy) is 1. The Morgan fingerprint density at radius 1 is 0.967 bits per heavy atom. The Bertz CT molecular complexity index is 994. The Balaban J connectivity index is 1.32. The molecule has 1 aliphatic heterocycles. The van der Waals surface area contributed by atoms with E-state index in [2.05, 4.69) is 37.2 Å². The van der Waals surface area contributed by atoms with Crippen LogP contribution in [0.25, 0.3) is 0 Å². The molecule has 1 aliphatic rings. The molecule has 0 bridgehead atoms. The van der Waals surface area contributed by atoms with Gasteiger partial charge in [0.2, 0.25) is 0 Å². The minimum absolute atomic E-state index is 0.0345. The number of carbonyl (C=O) groups excluding carboxylic acids is 1. The van der Waals surface area contributed by atoms with Gasteiger partial charge in [-0.3, -0.25) is 4.79 Å². The van der Waals surface area contributed by atoms with Gasteiger partial charge in [0.05, 0.1) is 0 Å². The first-order valence-corrected chi connectivity index (χ1v) is 9.73. The van der Waals surface area contributed by atoms with Gasteiger partial charge >= 0.3 is 0 Å². The summed E-state index contributed by atoms with van der Waals surface area (Å²) in [5.41, 5.74) is 1.21. The van der Waals surface area contributed by atoms with Crippen LogP contribution in [0, 0.1) is 5.82 Å². The van der Waals surface area contributed by atoms with E-state index in [1.807, 2.05) is 18.2 Å². The van der Waals surface area contributed by atoms with Gasteiger partial charge in [-0.25, -0.2) is 14.4 Å². The standard InChI is InChI=1S/C22H22FN5O2/c23-18-8-4-5-9-19(18)30-15-22(29)26-20-14-21(25-16-24-20)28-12-10-27(11-13-28)17-6-2-1-3-7-17/h1-9,14,16H,10-13,15H2,(H,24,25,26,29). The number of aromatic nitrogens is 2. The van der Waals surface area contributed by atoms with Crippen LogP contribution < -0.4 is 19.9 Å². The van der Waals surface area contributed by atoms with Crippen molar-refractivity contribution >= 4 is 23.2 Å². The molecule has 1 amide bonds. The number of rotatable bonds is 6. The molecule has 1 fully saturated rings. The number of hydrogen-bond acceptors (Lipinski definition) is 6. The number of nitrogens with zero attached hydrogens (tertiary/aromatic N) is 4. The first-order chi connectivity index (χ1) is 14.7. The lowest BCUT2D eigenvalue weighted by Crippen LogP contribution is -2.46. The zero-order chi connectivity index (χ0) is 20.8. The number of nitrogens with one attached hydrogen (secondary N) is 1. The summed E-state index contributed by atoms with van der Waals surface area (Å²) in [6.07, 6.45) is 1.42. The van der Waals surface area contributed by atoms with Gasteiger partial charge in [-0.15, -0.1) is 0 Å². The lowest BCUT2D eigenvalue weighted by molar-refractivity contribution is -0.118. The third-order valence-corrected chi connectivity index (χ3v) is 4.84. The lowest BCUT2D eigenvalue weighted by atomic mass is 10.2. The zero-order valence-corrected chi connectivity index (χ0v) is 16.4. The highest BCUT2D eigenvalue weighted by molar-refractivity contribution is 5.91. The van der Waals surface area contributed by atoms with Gasteiger partial charge in [0, 0.05) is 37.9 Å². The van der Waals surface area contributed by atoms with Crippen LogP contribution in [0.15, 0.2) is 67.0 Å². The quantitative estimate of drug-likeness (QED) is 0.678. The van der Waals surface area contributed by atoms with Crippen LogP contribution in [0.5, 0.6) is 5.75 Å². The molecule has 0 spiro atoms. The first kappa shape index (κ1) is 19.6. The second kappa shape index (κ2) is 9.21. The van der Waals surface area contributed by atoms with Gasteiger partial charge in [-0.05, 0) is 24.3 Å². The van der Waals surface area contributed by atoms with Crippen molar-refractivity contribution in [2.75, 3.05) is 47.9 Å². The second-order valence-electron chi connectivity index (χ2n) is 6.84. The average molecular weight is 407 g/mol. The molecular formula is C22H22FN5O2. The number of carbonyl (C=O) groups is 1. The van der Waals surface area contributed by atoms with Crippen molar-refractivity contribution < 1.29 is 13.9 Å². The maximum Gasteiger partial charge on any atom is 0.263 e. The second-order valence-corrected chi connectivity index (χ2v) is 6.84. The Kier molecular flexibility index (Phi) is 6.03. The van der Waals surface area contributed by atoms with Crippen molar-refractivity contribution in [3.63, 3.8) is 0 Å². The van der Waals surface area contributed by atoms with Crippen LogP contribution in [0.1, 0.15) is 0 Å². The van der Waals surface area contributed by atoms with E-state index in [4.69, 9.17) is 4.74 Å². The number of anilines is 3. The molecule has 154 valence electrons. The van der Waals surface area contributed by atoms with Gasteiger partial charge in [0.25, 0.3) is 5.91 Å². The van der Waals surface area contributed by atoms with Crippen LogP contribution >= 0.6 is 0 Å². The van der Waals surface area contributed by atoms with Gasteiger partial charge in [0.15, 0.2) is 18.2 Å². The van der Waals surface area contributed by atoms with Crippen LogP contribution in [0.2, 0.25) is 0 Å². The summed E-state index contributed by atoms with van der Waals surface area (Å²) in [5, 5.41) is 2.67. The molecule has 2 heterocycles. The third kappa shape index (κ3) is 4.83. The summed E-state index contributed by atoms with van der Waals surface area (Å²) in [7, 11) is 0. The van der Waals surface area contributed by atoms with Crippen molar-refractivity contribution in [2.24, 2.45) is 0 Å². The molecule has 1 N–H and O–H groups in total. The van der Waals surface area contributed by atoms with Gasteiger partial charge in [0.1, 0.15) is 18.0 Å². The van der Waals surface area contributed by atoms with E-state index in [0.29, 0.717) is 5.82 Å². The van der Waals surface area contributed by atoms with Crippen molar-refractivity contribution in [1.82, 2.24) is 9.97 Å². The average Bonchev–Trinajstić information content (AvgIpc) is 2.79. The van der Waals surface area contributed by atoms with E-state index >= 15 is 0 Å². The van der Waals surface area contributed by atoms with Crippen LogP contribution in [-0.2, 0) is 4.79 Å². The van der Waals surface area contributed by atoms with Crippen LogP contribution in [-0.4, -0.2) is 48.7 Å². The fourth-order valence-electron chi connectivity index (χ4n) is 3.30. The number of benzene rings is 2. The lowest BCUT2D eigenvalue weighted by Gasteiger charge is -2.36. The molecule has 0 radical (unpaired) electrons. The van der Waals surface area contributed by atoms with Gasteiger partial charge in [-0.2, -0.15) is 0 Å². The summed E-state index contributed by atoms with van der Waals surface area (Å²) in [4.78, 5) is 25.1. The van der Waals surface area contributed by atoms with Crippen molar-refractivity contribution in [2.45, 2.75) is 0 Å². The highest BCUT2D eigenvalue weighted by atomic mass is 19.1. The molecule has 0 atom stereocenters. The smallest absolute Gasteiger partial charge is 0.263 e. The summed E-state index contributed by atoms with van der Waals surface area (Å²) in [6, 6.07) is 18.0. The van der Waals surface area contributed by atoms with Crippen molar-refractivity contribution in [1.29, 1.82) is 0 Å². The molecule has 0 saturated carbocycles. The summed E-state index contributed by atoms with van der Waals surface area (Å²) in [6.45, 7) is 3.08. The molecule has 1 saturated heterocycles. The molecular weight excluding hydrogens is 385 g/mol. The fourth-order valence-corrected chi connectivity index (χ4v) is 3.30. The Morgan fingerprint density at radius 3 is 2.43 bits per heavy atom. The highest BCUT2D eigenvalue weighted by Crippen LogP contribution is 2.20. The Hall–Kier alpha value is -3.68. The molecule has 0 aliphatic carbocycles. The molecule has 1 aromatic heterocycles. The summed E-state index contributed by atoms with van der Waals surface area (Å²) in [5.74, 6) is 0.240. The van der Waals surface area contributed by atoms with E-state index in [0.717, 1.165) is 32.0 Å². The molecule has 4 rings (SSSR count). The molecule has 30 heavy (non-hydrogen) atoms. The number of amides is 1. The van der Waals surface area contributed by atoms with Crippen molar-refractivity contribution in [3.05, 3.63) is 72.8 Å². The van der Waals surface area contributed by atoms with Crippen molar-refractivity contribution in [3.8, 4) is 5.75 Å². The summed E-state index contributed by atoms with van der Waals surface area (Å²) < 4.78 is 18.8. The molecule has 0 unspecified atom stereocenters. The number of halogens is 1. The molecule has 3 aromatic rings. The van der Waals surface area contributed by atoms with E-state index < -0.39 is 11.7 Å². The SMILES string of the molecule is O=C(COc1ccccc1F)Nc1cc(N2CCN(c3ccccc3)CC2)ncn1. The molecule has 8 heteroatoms. The Morgan fingerprint density at radius 2 is 1.67 bits per heavy atom. The van der Waals surface area contributed by atoms with Gasteiger partial charge in [-0.1, -0.05) is 30.3 Å². The minimum Gasteiger partial charge on any atom is -0.481 e. The normalized spacial score (nSPS) is 13.8. The maximum atomic E-state index is 13.6. The van der Waals surface area contributed by atoms with E-state index in [-0.39, 0.29) is 12.4 Å². The first-order valence-electron chi connectivity index (χ1n) is 9.73. The predicted octanol–water partition coefficient (Wildman–Crippen LogP) is 2.96. The van der Waals surface area contributed by atoms with E-state index in [1.165, 1.54) is 24.1 Å². The van der Waals surface area contributed by atoms with E-state index in [1.54, 1.807) is 18.2 Å². The minimum atomic E-state index is -0.510. The number of hydrogen-bond donors (Lipinski definition) is 1. The Labute approximate surface area is 174 Å². The maximum absolute atomic E-state index is 13.6. The van der Waals surface area contributed by atoms with E-state index in [9.17, 15) is 9.18 Å². The highest BCUT2D eigenvalue weighted by Gasteiger charge is 2.19. The van der Waals surface area contributed by atoms with Crippen LogP contribution in [0.4, 0.5) is 21.7 Å². The summed E-state index contributed by atoms with van der Waals surface area (Å²) >= 11 is 0. The topological polar surface area (TPSA) is 70.6 Å². The molecule has 2 aromatic carbocycles. The molecule has 7 nitrogen and oxygen atoms in total. The number of para-hydroxylation sites is 2.